The van der Waals surface area contributed by atoms with E-state index in [9.17, 15) is 13.2 Å². The molecule has 1 saturated heterocycles. The van der Waals surface area contributed by atoms with Crippen LogP contribution in [0.2, 0.25) is 0 Å². The number of rotatable bonds is 5. The van der Waals surface area contributed by atoms with E-state index < -0.39 is 9.84 Å². The van der Waals surface area contributed by atoms with E-state index in [1.54, 1.807) is 0 Å². The summed E-state index contributed by atoms with van der Waals surface area (Å²) < 4.78 is 22.7. The number of amides is 1. The first-order valence-electron chi connectivity index (χ1n) is 7.17. The molecule has 0 aromatic heterocycles. The summed E-state index contributed by atoms with van der Waals surface area (Å²) in [5, 5.41) is 6.07. The molecule has 1 unspecified atom stereocenters. The van der Waals surface area contributed by atoms with Crippen molar-refractivity contribution in [1.29, 1.82) is 0 Å². The molecule has 1 aromatic carbocycles. The van der Waals surface area contributed by atoms with Crippen molar-refractivity contribution in [3.8, 4) is 0 Å². The molecule has 116 valence electrons. The van der Waals surface area contributed by atoms with Gasteiger partial charge in [-0.1, -0.05) is 18.2 Å². The van der Waals surface area contributed by atoms with Crippen LogP contribution in [0.15, 0.2) is 18.2 Å². The third-order valence-corrected chi connectivity index (χ3v) is 5.53. The number of aryl methyl sites for hydroxylation is 2. The maximum atomic E-state index is 11.9. The van der Waals surface area contributed by atoms with Crippen molar-refractivity contribution < 1.29 is 13.2 Å². The summed E-state index contributed by atoms with van der Waals surface area (Å²) in [5.74, 6) is 0.380. The molecule has 1 aromatic rings. The van der Waals surface area contributed by atoms with Crippen molar-refractivity contribution in [1.82, 2.24) is 5.32 Å². The lowest BCUT2D eigenvalue weighted by molar-refractivity contribution is -0.116. The molecule has 0 bridgehead atoms. The van der Waals surface area contributed by atoms with Crippen molar-refractivity contribution in [2.24, 2.45) is 0 Å². The van der Waals surface area contributed by atoms with Crippen LogP contribution in [0.25, 0.3) is 0 Å². The molecular weight excluding hydrogens is 288 g/mol. The number of nitrogens with one attached hydrogen (secondary N) is 2. The highest BCUT2D eigenvalue weighted by molar-refractivity contribution is 7.91. The van der Waals surface area contributed by atoms with Crippen molar-refractivity contribution in [3.63, 3.8) is 0 Å². The Balaban J connectivity index is 1.78. The second-order valence-electron chi connectivity index (χ2n) is 5.62. The number of carbonyl (C=O) groups excluding carboxylic acids is 1. The van der Waals surface area contributed by atoms with Gasteiger partial charge in [-0.2, -0.15) is 0 Å². The third-order valence-electron chi connectivity index (χ3n) is 3.76. The number of anilines is 1. The summed E-state index contributed by atoms with van der Waals surface area (Å²) in [7, 11) is -2.87. The standard InChI is InChI=1S/C15H22N2O3S/c1-11-4-3-5-12(2)15(11)17-14(18)6-8-16-13-7-9-21(19,20)10-13/h3-5,13,16H,6-10H2,1-2H3,(H,17,18). The van der Waals surface area contributed by atoms with E-state index in [1.807, 2.05) is 32.0 Å². The largest absolute Gasteiger partial charge is 0.326 e. The van der Waals surface area contributed by atoms with Crippen LogP contribution in [-0.4, -0.2) is 38.4 Å². The Labute approximate surface area is 126 Å². The van der Waals surface area contributed by atoms with E-state index in [0.717, 1.165) is 16.8 Å². The molecule has 1 amide bonds. The third kappa shape index (κ3) is 4.54. The second-order valence-corrected chi connectivity index (χ2v) is 7.85. The molecule has 1 fully saturated rings. The SMILES string of the molecule is Cc1cccc(C)c1NC(=O)CCNC1CCS(=O)(=O)C1. The normalized spacial score (nSPS) is 20.4. The fourth-order valence-electron chi connectivity index (χ4n) is 2.56. The van der Waals surface area contributed by atoms with Gasteiger partial charge in [0.25, 0.3) is 0 Å². The lowest BCUT2D eigenvalue weighted by atomic mass is 10.1. The van der Waals surface area contributed by atoms with E-state index in [2.05, 4.69) is 10.6 Å². The molecule has 0 saturated carbocycles. The maximum Gasteiger partial charge on any atom is 0.225 e. The Hall–Kier alpha value is -1.40. The van der Waals surface area contributed by atoms with Crippen molar-refractivity contribution >= 4 is 21.4 Å². The van der Waals surface area contributed by atoms with Gasteiger partial charge in [0.2, 0.25) is 5.91 Å². The number of para-hydroxylation sites is 1. The van der Waals surface area contributed by atoms with Crippen LogP contribution >= 0.6 is 0 Å². The molecule has 0 aliphatic carbocycles. The van der Waals surface area contributed by atoms with E-state index in [0.29, 0.717) is 19.4 Å². The molecule has 21 heavy (non-hydrogen) atoms. The molecule has 2 rings (SSSR count). The second kappa shape index (κ2) is 6.58. The topological polar surface area (TPSA) is 75.3 Å². The molecule has 6 heteroatoms. The first kappa shape index (κ1) is 16.0. The minimum atomic E-state index is -2.87. The Morgan fingerprint density at radius 3 is 2.52 bits per heavy atom. The number of carbonyl (C=O) groups is 1. The average Bonchev–Trinajstić information content (AvgIpc) is 2.74. The predicted octanol–water partition coefficient (Wildman–Crippen LogP) is 1.41. The Kier molecular flexibility index (Phi) is 5.00. The molecule has 1 aliphatic heterocycles. The van der Waals surface area contributed by atoms with Gasteiger partial charge < -0.3 is 10.6 Å². The molecule has 1 aliphatic rings. The van der Waals surface area contributed by atoms with Gasteiger partial charge in [-0.05, 0) is 31.4 Å². The smallest absolute Gasteiger partial charge is 0.225 e. The Morgan fingerprint density at radius 2 is 1.95 bits per heavy atom. The van der Waals surface area contributed by atoms with E-state index in [-0.39, 0.29) is 23.5 Å². The minimum Gasteiger partial charge on any atom is -0.326 e. The van der Waals surface area contributed by atoms with E-state index in [4.69, 9.17) is 0 Å². The van der Waals surface area contributed by atoms with Crippen LogP contribution in [0.5, 0.6) is 0 Å². The molecule has 0 spiro atoms. The maximum absolute atomic E-state index is 11.9. The highest BCUT2D eigenvalue weighted by Crippen LogP contribution is 2.19. The lowest BCUT2D eigenvalue weighted by Gasteiger charge is -2.13. The average molecular weight is 310 g/mol. The van der Waals surface area contributed by atoms with Gasteiger partial charge in [0.1, 0.15) is 0 Å². The fraction of sp³-hybridized carbons (Fsp3) is 0.533. The van der Waals surface area contributed by atoms with Crippen LogP contribution in [-0.2, 0) is 14.6 Å². The zero-order valence-electron chi connectivity index (χ0n) is 12.5. The van der Waals surface area contributed by atoms with Crippen LogP contribution in [0, 0.1) is 13.8 Å². The molecular formula is C15H22N2O3S. The van der Waals surface area contributed by atoms with Crippen molar-refractivity contribution in [2.75, 3.05) is 23.4 Å². The zero-order valence-corrected chi connectivity index (χ0v) is 13.3. The van der Waals surface area contributed by atoms with Gasteiger partial charge in [-0.15, -0.1) is 0 Å². The summed E-state index contributed by atoms with van der Waals surface area (Å²) in [6, 6.07) is 5.87. The van der Waals surface area contributed by atoms with Crippen LogP contribution < -0.4 is 10.6 Å². The molecule has 2 N–H and O–H groups in total. The van der Waals surface area contributed by atoms with Crippen LogP contribution in [0.1, 0.15) is 24.0 Å². The molecule has 1 atom stereocenters. The highest BCUT2D eigenvalue weighted by atomic mass is 32.2. The summed E-state index contributed by atoms with van der Waals surface area (Å²) in [5.41, 5.74) is 2.95. The van der Waals surface area contributed by atoms with Crippen molar-refractivity contribution in [2.45, 2.75) is 32.7 Å². The zero-order chi connectivity index (χ0) is 15.5. The summed E-state index contributed by atoms with van der Waals surface area (Å²) in [4.78, 5) is 11.9. The lowest BCUT2D eigenvalue weighted by Crippen LogP contribution is -2.32. The quantitative estimate of drug-likeness (QED) is 0.862. The summed E-state index contributed by atoms with van der Waals surface area (Å²) >= 11 is 0. The number of benzene rings is 1. The molecule has 0 radical (unpaired) electrons. The first-order valence-corrected chi connectivity index (χ1v) is 8.99. The van der Waals surface area contributed by atoms with Crippen LogP contribution in [0.3, 0.4) is 0 Å². The fourth-order valence-corrected chi connectivity index (χ4v) is 4.27. The van der Waals surface area contributed by atoms with Gasteiger partial charge in [0.15, 0.2) is 9.84 Å². The molecule has 1 heterocycles. The summed E-state index contributed by atoms with van der Waals surface area (Å²) in [6.07, 6.45) is 0.977. The van der Waals surface area contributed by atoms with Crippen molar-refractivity contribution in [3.05, 3.63) is 29.3 Å². The summed E-state index contributed by atoms with van der Waals surface area (Å²) in [6.45, 7) is 4.42. The molecule has 5 nitrogen and oxygen atoms in total. The van der Waals surface area contributed by atoms with E-state index >= 15 is 0 Å². The van der Waals surface area contributed by atoms with Gasteiger partial charge in [0, 0.05) is 24.7 Å². The highest BCUT2D eigenvalue weighted by Gasteiger charge is 2.27. The van der Waals surface area contributed by atoms with Gasteiger partial charge >= 0.3 is 0 Å². The van der Waals surface area contributed by atoms with Gasteiger partial charge in [-0.25, -0.2) is 8.42 Å². The van der Waals surface area contributed by atoms with Gasteiger partial charge in [-0.3, -0.25) is 4.79 Å². The monoisotopic (exact) mass is 310 g/mol. The predicted molar refractivity (Wildman–Crippen MR) is 84.2 cm³/mol. The first-order chi connectivity index (χ1) is 9.87. The minimum absolute atomic E-state index is 0.0111. The van der Waals surface area contributed by atoms with E-state index in [1.165, 1.54) is 0 Å². The Morgan fingerprint density at radius 1 is 1.29 bits per heavy atom. The van der Waals surface area contributed by atoms with Crippen LogP contribution in [0.4, 0.5) is 5.69 Å². The number of hydrogen-bond donors (Lipinski definition) is 2. The number of hydrogen-bond acceptors (Lipinski definition) is 4. The Bertz CT molecular complexity index is 606. The number of sulfone groups is 1. The van der Waals surface area contributed by atoms with Gasteiger partial charge in [0.05, 0.1) is 11.5 Å².